The fraction of sp³-hybridized carbons (Fsp3) is 0.867. The van der Waals surface area contributed by atoms with E-state index in [0.29, 0.717) is 23.7 Å². The number of hydrogen-bond acceptors (Lipinski definition) is 1. The van der Waals surface area contributed by atoms with E-state index in [9.17, 15) is 5.11 Å². The zero-order valence-corrected chi connectivity index (χ0v) is 11.3. The Morgan fingerprint density at radius 3 is 2.50 bits per heavy atom. The first-order chi connectivity index (χ1) is 7.50. The van der Waals surface area contributed by atoms with Crippen LogP contribution in [0.5, 0.6) is 0 Å². The monoisotopic (exact) mass is 224 g/mol. The summed E-state index contributed by atoms with van der Waals surface area (Å²) in [6.07, 6.45) is 9.01. The minimum Gasteiger partial charge on any atom is -0.393 e. The van der Waals surface area contributed by atoms with Gasteiger partial charge >= 0.3 is 0 Å². The van der Waals surface area contributed by atoms with Gasteiger partial charge in [-0.2, -0.15) is 0 Å². The summed E-state index contributed by atoms with van der Waals surface area (Å²) in [5, 5.41) is 10.3. The lowest BCUT2D eigenvalue weighted by molar-refractivity contribution is 0.0533. The highest BCUT2D eigenvalue weighted by molar-refractivity contribution is 4.90. The lowest BCUT2D eigenvalue weighted by atomic mass is 9.80. The predicted octanol–water partition coefficient (Wildman–Crippen LogP) is 4.02. The van der Waals surface area contributed by atoms with Crippen LogP contribution in [0.25, 0.3) is 0 Å². The van der Waals surface area contributed by atoms with Crippen LogP contribution in [0.3, 0.4) is 0 Å². The summed E-state index contributed by atoms with van der Waals surface area (Å²) in [6, 6.07) is 0. The van der Waals surface area contributed by atoms with Crippen molar-refractivity contribution >= 4 is 0 Å². The number of rotatable bonds is 1. The zero-order valence-electron chi connectivity index (χ0n) is 11.3. The molecule has 94 valence electrons. The van der Waals surface area contributed by atoms with Crippen molar-refractivity contribution in [2.45, 2.75) is 59.5 Å². The summed E-state index contributed by atoms with van der Waals surface area (Å²) in [6.45, 7) is 9.01. The van der Waals surface area contributed by atoms with Gasteiger partial charge < -0.3 is 5.11 Å². The van der Waals surface area contributed by atoms with E-state index in [1.165, 1.54) is 6.42 Å². The normalized spacial score (nSPS) is 37.6. The first kappa shape index (κ1) is 13.8. The number of hydrogen-bond donors (Lipinski definition) is 1. The summed E-state index contributed by atoms with van der Waals surface area (Å²) in [5.74, 6) is 2.35. The van der Waals surface area contributed by atoms with Crippen molar-refractivity contribution in [1.82, 2.24) is 0 Å². The Hall–Kier alpha value is -0.300. The number of aliphatic hydroxyl groups is 1. The molecule has 0 fully saturated rings. The van der Waals surface area contributed by atoms with Crippen molar-refractivity contribution in [3.63, 3.8) is 0 Å². The van der Waals surface area contributed by atoms with Crippen molar-refractivity contribution in [2.24, 2.45) is 23.7 Å². The van der Waals surface area contributed by atoms with E-state index >= 15 is 0 Å². The Bertz CT molecular complexity index is 219. The van der Waals surface area contributed by atoms with Crippen molar-refractivity contribution in [2.75, 3.05) is 0 Å². The molecular weight excluding hydrogens is 196 g/mol. The molecular formula is C15H28O. The molecule has 16 heavy (non-hydrogen) atoms. The third-order valence-electron chi connectivity index (χ3n) is 3.95. The summed E-state index contributed by atoms with van der Waals surface area (Å²) in [7, 11) is 0. The van der Waals surface area contributed by atoms with E-state index in [-0.39, 0.29) is 6.10 Å². The molecule has 0 aromatic carbocycles. The second-order valence-electron chi connectivity index (χ2n) is 6.03. The Balaban J connectivity index is 2.69. The van der Waals surface area contributed by atoms with Gasteiger partial charge in [-0.05, 0) is 49.4 Å². The van der Waals surface area contributed by atoms with Gasteiger partial charge in [0.05, 0.1) is 6.10 Å². The van der Waals surface area contributed by atoms with E-state index in [1.807, 2.05) is 0 Å². The molecule has 4 atom stereocenters. The molecule has 0 radical (unpaired) electrons. The van der Waals surface area contributed by atoms with Crippen LogP contribution in [0.2, 0.25) is 0 Å². The first-order valence-electron chi connectivity index (χ1n) is 6.85. The molecule has 1 heteroatoms. The average Bonchev–Trinajstić information content (AvgIpc) is 2.16. The van der Waals surface area contributed by atoms with E-state index in [0.717, 1.165) is 19.3 Å². The molecule has 0 aromatic heterocycles. The predicted molar refractivity (Wildman–Crippen MR) is 70.3 cm³/mol. The largest absolute Gasteiger partial charge is 0.393 e. The van der Waals surface area contributed by atoms with Crippen molar-refractivity contribution in [3.05, 3.63) is 12.2 Å². The second kappa shape index (κ2) is 6.44. The molecule has 0 heterocycles. The summed E-state index contributed by atoms with van der Waals surface area (Å²) in [5.41, 5.74) is 0. The van der Waals surface area contributed by atoms with Gasteiger partial charge in [-0.15, -0.1) is 0 Å². The lowest BCUT2D eigenvalue weighted by Crippen LogP contribution is -2.28. The SMILES string of the molecule is CC(C)[C@@H]1CC[C@@H](C)C=CC[C@H](C)CC1O. The van der Waals surface area contributed by atoms with Crippen LogP contribution < -0.4 is 0 Å². The van der Waals surface area contributed by atoms with Gasteiger partial charge in [0.25, 0.3) is 0 Å². The van der Waals surface area contributed by atoms with Crippen molar-refractivity contribution < 1.29 is 5.11 Å². The van der Waals surface area contributed by atoms with E-state index in [2.05, 4.69) is 39.8 Å². The standard InChI is InChI=1S/C15H28O/c1-11(2)14-9-8-12(3)6-5-7-13(4)10-15(14)16/h5-6,11-16H,7-10H2,1-4H3/t12-,13-,14-,15?/m0/s1. The summed E-state index contributed by atoms with van der Waals surface area (Å²) >= 11 is 0. The minimum absolute atomic E-state index is 0.103. The van der Waals surface area contributed by atoms with Gasteiger partial charge in [-0.25, -0.2) is 0 Å². The Labute approximate surface area is 101 Å². The fourth-order valence-corrected chi connectivity index (χ4v) is 2.75. The molecule has 0 amide bonds. The Morgan fingerprint density at radius 2 is 1.88 bits per heavy atom. The van der Waals surface area contributed by atoms with Crippen LogP contribution in [-0.2, 0) is 0 Å². The van der Waals surface area contributed by atoms with Crippen LogP contribution in [0.15, 0.2) is 12.2 Å². The van der Waals surface area contributed by atoms with Crippen LogP contribution in [0.1, 0.15) is 53.4 Å². The fourth-order valence-electron chi connectivity index (χ4n) is 2.75. The van der Waals surface area contributed by atoms with E-state index in [1.54, 1.807) is 0 Å². The quantitative estimate of drug-likeness (QED) is 0.667. The highest BCUT2D eigenvalue weighted by atomic mass is 16.3. The molecule has 1 aliphatic carbocycles. The molecule has 0 aromatic rings. The number of aliphatic hydroxyl groups excluding tert-OH is 1. The molecule has 0 aliphatic heterocycles. The van der Waals surface area contributed by atoms with Crippen LogP contribution in [0.4, 0.5) is 0 Å². The molecule has 1 nitrogen and oxygen atoms in total. The molecule has 1 unspecified atom stereocenters. The van der Waals surface area contributed by atoms with Gasteiger partial charge in [-0.1, -0.05) is 39.8 Å². The third-order valence-corrected chi connectivity index (χ3v) is 3.95. The maximum atomic E-state index is 10.3. The van der Waals surface area contributed by atoms with Crippen LogP contribution in [-0.4, -0.2) is 11.2 Å². The topological polar surface area (TPSA) is 20.2 Å². The van der Waals surface area contributed by atoms with Gasteiger partial charge in [0.15, 0.2) is 0 Å². The molecule has 1 aliphatic rings. The molecule has 0 saturated heterocycles. The Kier molecular flexibility index (Phi) is 5.54. The lowest BCUT2D eigenvalue weighted by Gasteiger charge is -2.29. The van der Waals surface area contributed by atoms with Crippen molar-refractivity contribution in [3.8, 4) is 0 Å². The maximum absolute atomic E-state index is 10.3. The highest BCUT2D eigenvalue weighted by Crippen LogP contribution is 2.29. The van der Waals surface area contributed by atoms with Gasteiger partial charge in [-0.3, -0.25) is 0 Å². The van der Waals surface area contributed by atoms with Gasteiger partial charge in [0.1, 0.15) is 0 Å². The van der Waals surface area contributed by atoms with Crippen LogP contribution >= 0.6 is 0 Å². The van der Waals surface area contributed by atoms with Gasteiger partial charge in [0, 0.05) is 0 Å². The van der Waals surface area contributed by atoms with E-state index in [4.69, 9.17) is 0 Å². The second-order valence-corrected chi connectivity index (χ2v) is 6.03. The minimum atomic E-state index is -0.103. The zero-order chi connectivity index (χ0) is 12.1. The summed E-state index contributed by atoms with van der Waals surface area (Å²) < 4.78 is 0. The van der Waals surface area contributed by atoms with Gasteiger partial charge in [0.2, 0.25) is 0 Å². The Morgan fingerprint density at radius 1 is 1.19 bits per heavy atom. The molecule has 0 saturated carbocycles. The molecule has 0 spiro atoms. The first-order valence-corrected chi connectivity index (χ1v) is 6.85. The summed E-state index contributed by atoms with van der Waals surface area (Å²) in [4.78, 5) is 0. The molecule has 1 rings (SSSR count). The van der Waals surface area contributed by atoms with E-state index < -0.39 is 0 Å². The smallest absolute Gasteiger partial charge is 0.0573 e. The van der Waals surface area contributed by atoms with Crippen molar-refractivity contribution in [1.29, 1.82) is 0 Å². The third kappa shape index (κ3) is 4.29. The highest BCUT2D eigenvalue weighted by Gasteiger charge is 2.24. The number of allylic oxidation sites excluding steroid dienone is 2. The molecule has 0 bridgehead atoms. The maximum Gasteiger partial charge on any atom is 0.0573 e. The average molecular weight is 224 g/mol. The molecule has 1 N–H and O–H groups in total. The van der Waals surface area contributed by atoms with Crippen LogP contribution in [0, 0.1) is 23.7 Å².